The highest BCUT2D eigenvalue weighted by Crippen LogP contribution is 2.41. The summed E-state index contributed by atoms with van der Waals surface area (Å²) in [6.07, 6.45) is 13.4. The molecule has 10 nitrogen and oxygen atoms in total. The number of benzene rings is 9. The molecule has 0 saturated carbocycles. The van der Waals surface area contributed by atoms with E-state index in [-0.39, 0.29) is 0 Å². The van der Waals surface area contributed by atoms with Crippen molar-refractivity contribution in [3.8, 4) is 50.7 Å². The fraction of sp³-hybridized carbons (Fsp3) is 0.0541. The number of hydrogen-bond acceptors (Lipinski definition) is 11. The fourth-order valence-electron chi connectivity index (χ4n) is 11.6. The highest BCUT2D eigenvalue weighted by atomic mass is 32.1. The second-order valence-electron chi connectivity index (χ2n) is 21.0. The van der Waals surface area contributed by atoms with Gasteiger partial charge >= 0.3 is 0 Å². The van der Waals surface area contributed by atoms with E-state index in [2.05, 4.69) is 230 Å². The Labute approximate surface area is 503 Å². The van der Waals surface area contributed by atoms with Crippen LogP contribution in [0.4, 0.5) is 0 Å². The first kappa shape index (κ1) is 53.4. The standard InChI is InChI=1S/C23H17N3.C17H12N2O.2C17H12N2S/c1-16-6-5-9-22-23(16)19-14-17(20-12-13-24-15-25-20)10-11-21(19)26(22)18-7-3-2-4-8-18;1-11-3-2-4-15-17(11)13-6-5-12(9-16(13)20-15)14-7-8-18-10-19-14;1-11-3-2-4-16-17(11)13-9-12(5-6-15(13)20-16)14-7-8-18-10-19-14;1-11-3-2-4-15-17(11)13-6-5-12(9-16(13)20-15)14-7-8-18-10-19-14/h2-15H,1H3;3*2-10H,1H3. The number of para-hydroxylation sites is 1. The van der Waals surface area contributed by atoms with Crippen LogP contribution in [-0.2, 0) is 0 Å². The molecule has 0 fully saturated rings. The molecule has 0 N–H and O–H groups in total. The van der Waals surface area contributed by atoms with Crippen LogP contribution in [0.2, 0.25) is 0 Å². The molecular weight excluding hydrogens is 1100 g/mol. The molecule has 17 aromatic rings. The Morgan fingerprint density at radius 3 is 1.38 bits per heavy atom. The van der Waals surface area contributed by atoms with Crippen LogP contribution < -0.4 is 0 Å². The van der Waals surface area contributed by atoms with Gasteiger partial charge in [-0.1, -0.05) is 97.1 Å². The molecule has 0 atom stereocenters. The van der Waals surface area contributed by atoms with Crippen LogP contribution in [0.5, 0.6) is 0 Å². The number of hydrogen-bond donors (Lipinski definition) is 0. The number of furan rings is 1. The molecule has 8 heterocycles. The number of nitrogens with zero attached hydrogens (tertiary/aromatic N) is 9. The van der Waals surface area contributed by atoms with Crippen LogP contribution in [0.3, 0.4) is 0 Å². The van der Waals surface area contributed by atoms with Gasteiger partial charge in [-0.05, 0) is 153 Å². The lowest BCUT2D eigenvalue weighted by atomic mass is 10.0. The Morgan fingerprint density at radius 1 is 0.314 bits per heavy atom. The molecule has 0 saturated heterocycles. The highest BCUT2D eigenvalue weighted by molar-refractivity contribution is 7.26. The lowest BCUT2D eigenvalue weighted by molar-refractivity contribution is 0.669. The summed E-state index contributed by atoms with van der Waals surface area (Å²) in [5, 5.41) is 10.3. The smallest absolute Gasteiger partial charge is 0.136 e. The van der Waals surface area contributed by atoms with Crippen molar-refractivity contribution in [2.24, 2.45) is 0 Å². The Balaban J connectivity index is 0.000000102. The quantitative estimate of drug-likeness (QED) is 0.166. The van der Waals surface area contributed by atoms with Crippen molar-refractivity contribution in [2.75, 3.05) is 0 Å². The zero-order valence-corrected chi connectivity index (χ0v) is 49.1. The van der Waals surface area contributed by atoms with Gasteiger partial charge in [0.15, 0.2) is 0 Å². The first-order valence-corrected chi connectivity index (χ1v) is 29.8. The number of aryl methyl sites for hydroxylation is 4. The number of aromatic nitrogens is 9. The summed E-state index contributed by atoms with van der Waals surface area (Å²) in [6, 6.07) is 69.8. The van der Waals surface area contributed by atoms with Crippen LogP contribution in [0.15, 0.2) is 255 Å². The number of thiophene rings is 2. The van der Waals surface area contributed by atoms with Gasteiger partial charge in [-0.2, -0.15) is 0 Å². The lowest BCUT2D eigenvalue weighted by Crippen LogP contribution is -1.93. The maximum absolute atomic E-state index is 5.95. The molecule has 0 radical (unpaired) electrons. The molecule has 0 amide bonds. The van der Waals surface area contributed by atoms with Gasteiger partial charge in [0.05, 0.1) is 33.8 Å². The lowest BCUT2D eigenvalue weighted by Gasteiger charge is -2.08. The number of fused-ring (bicyclic) bond motifs is 12. The summed E-state index contributed by atoms with van der Waals surface area (Å²) in [5.41, 5.74) is 18.8. The van der Waals surface area contributed by atoms with Gasteiger partial charge in [0.25, 0.3) is 0 Å². The monoisotopic (exact) mass is 1150 g/mol. The van der Waals surface area contributed by atoms with E-state index in [4.69, 9.17) is 4.42 Å². The average Bonchev–Trinajstić information content (AvgIpc) is 3.27. The number of rotatable bonds is 5. The molecule has 0 spiro atoms. The molecule has 8 aromatic heterocycles. The molecule has 12 heteroatoms. The summed E-state index contributed by atoms with van der Waals surface area (Å²) in [4.78, 5) is 33.3. The van der Waals surface area contributed by atoms with Crippen molar-refractivity contribution in [1.82, 2.24) is 44.4 Å². The Morgan fingerprint density at radius 2 is 0.791 bits per heavy atom. The van der Waals surface area contributed by atoms with E-state index in [0.717, 1.165) is 61.6 Å². The summed E-state index contributed by atoms with van der Waals surface area (Å²) in [7, 11) is 0. The summed E-state index contributed by atoms with van der Waals surface area (Å²) >= 11 is 3.69. The third-order valence-corrected chi connectivity index (χ3v) is 17.9. The van der Waals surface area contributed by atoms with Crippen molar-refractivity contribution in [1.29, 1.82) is 0 Å². The normalized spacial score (nSPS) is 11.3. The topological polar surface area (TPSA) is 121 Å². The van der Waals surface area contributed by atoms with Crippen molar-refractivity contribution < 1.29 is 4.42 Å². The maximum Gasteiger partial charge on any atom is 0.136 e. The molecule has 0 aliphatic heterocycles. The van der Waals surface area contributed by atoms with Gasteiger partial charge < -0.3 is 8.98 Å². The van der Waals surface area contributed by atoms with Crippen LogP contribution >= 0.6 is 22.7 Å². The first-order chi connectivity index (χ1) is 42.3. The molecule has 0 bridgehead atoms. The predicted molar refractivity (Wildman–Crippen MR) is 356 cm³/mol. The van der Waals surface area contributed by atoms with Gasteiger partial charge in [-0.25, -0.2) is 39.9 Å². The zero-order valence-electron chi connectivity index (χ0n) is 47.4. The predicted octanol–water partition coefficient (Wildman–Crippen LogP) is 19.5. The van der Waals surface area contributed by atoms with Gasteiger partial charge in [-0.3, -0.25) is 0 Å². The van der Waals surface area contributed by atoms with Crippen LogP contribution in [-0.4, -0.2) is 44.4 Å². The minimum absolute atomic E-state index is 0.894. The molecule has 0 aliphatic carbocycles. The largest absolute Gasteiger partial charge is 0.456 e. The van der Waals surface area contributed by atoms with E-state index in [1.807, 2.05) is 65.1 Å². The Bertz CT molecular complexity index is 5120. The molecule has 0 unspecified atom stereocenters. The molecule has 412 valence electrons. The highest BCUT2D eigenvalue weighted by Gasteiger charge is 2.16. The van der Waals surface area contributed by atoms with Gasteiger partial charge in [0.1, 0.15) is 36.5 Å². The zero-order chi connectivity index (χ0) is 58.1. The van der Waals surface area contributed by atoms with Gasteiger partial charge in [-0.15, -0.1) is 22.7 Å². The molecule has 17 rings (SSSR count). The summed E-state index contributed by atoms with van der Waals surface area (Å²) < 4.78 is 13.6. The molecule has 9 aromatic carbocycles. The van der Waals surface area contributed by atoms with E-state index in [9.17, 15) is 0 Å². The van der Waals surface area contributed by atoms with Crippen molar-refractivity contribution in [2.45, 2.75) is 27.7 Å². The average molecular weight is 1150 g/mol. The molecule has 0 aliphatic rings. The Kier molecular flexibility index (Phi) is 14.4. The van der Waals surface area contributed by atoms with E-state index in [0.29, 0.717) is 0 Å². The van der Waals surface area contributed by atoms with E-state index >= 15 is 0 Å². The van der Waals surface area contributed by atoms with Gasteiger partial charge in [0.2, 0.25) is 0 Å². The minimum Gasteiger partial charge on any atom is -0.456 e. The fourth-order valence-corrected chi connectivity index (χ4v) is 14.0. The third kappa shape index (κ3) is 10.3. The molecular formula is C74H53N9OS2. The van der Waals surface area contributed by atoms with Crippen molar-refractivity contribution in [3.63, 3.8) is 0 Å². The SMILES string of the molecule is Cc1cccc2c1c1cc(-c3ccncn3)ccc1n2-c1ccccc1.Cc1cccc2oc3cc(-c4ccncn4)ccc3c12.Cc1cccc2sc3cc(-c4ccncn4)ccc3c12.Cc1cccc2sc3ccc(-c4ccncn4)cc3c12. The third-order valence-electron chi connectivity index (χ3n) is 15.6. The second-order valence-corrected chi connectivity index (χ2v) is 23.2. The molecule has 86 heavy (non-hydrogen) atoms. The van der Waals surface area contributed by atoms with Crippen LogP contribution in [0.25, 0.3) is 135 Å². The summed E-state index contributed by atoms with van der Waals surface area (Å²) in [6.45, 7) is 8.63. The first-order valence-electron chi connectivity index (χ1n) is 28.2. The Hall–Kier alpha value is -10.7. The van der Waals surface area contributed by atoms with E-state index in [1.165, 1.54) is 95.5 Å². The van der Waals surface area contributed by atoms with Crippen LogP contribution in [0, 0.1) is 27.7 Å². The van der Waals surface area contributed by atoms with Crippen molar-refractivity contribution >= 4 is 107 Å². The maximum atomic E-state index is 5.95. The van der Waals surface area contributed by atoms with Crippen LogP contribution in [0.1, 0.15) is 22.3 Å². The van der Waals surface area contributed by atoms with Gasteiger partial charge in [0, 0.05) is 115 Å². The minimum atomic E-state index is 0.894. The van der Waals surface area contributed by atoms with E-state index < -0.39 is 0 Å². The summed E-state index contributed by atoms with van der Waals surface area (Å²) in [5.74, 6) is 0. The van der Waals surface area contributed by atoms with Crippen molar-refractivity contribution in [3.05, 3.63) is 273 Å². The second kappa shape index (κ2) is 23.2. The van der Waals surface area contributed by atoms with E-state index in [1.54, 1.807) is 50.1 Å².